The minimum absolute atomic E-state index is 0.0700. The molecule has 1 atom stereocenters. The lowest BCUT2D eigenvalue weighted by molar-refractivity contribution is -0.116. The first-order chi connectivity index (χ1) is 25.2. The average molecular weight is 753 g/mol. The van der Waals surface area contributed by atoms with Gasteiger partial charge in [-0.1, -0.05) is 55.5 Å². The summed E-state index contributed by atoms with van der Waals surface area (Å²) in [4.78, 5) is 68.1. The van der Waals surface area contributed by atoms with Crippen LogP contribution in [0.25, 0.3) is 6.08 Å². The van der Waals surface area contributed by atoms with E-state index in [0.29, 0.717) is 33.8 Å². The quantitative estimate of drug-likeness (QED) is 0.0507. The third kappa shape index (κ3) is 9.84. The first kappa shape index (κ1) is 37.7. The number of para-hydroxylation sites is 1. The van der Waals surface area contributed by atoms with Gasteiger partial charge in [0.15, 0.2) is 0 Å². The number of anilines is 3. The van der Waals surface area contributed by atoms with Crippen molar-refractivity contribution in [1.82, 2.24) is 5.32 Å². The number of thiophene rings is 2. The first-order valence-corrected chi connectivity index (χ1v) is 18.9. The zero-order valence-electron chi connectivity index (χ0n) is 28.6. The number of amides is 4. The molecule has 10 nitrogen and oxygen atoms in total. The minimum atomic E-state index is -0.637. The molecule has 13 heteroatoms. The maximum absolute atomic E-state index is 13.7. The Hall–Kier alpha value is -5.50. The van der Waals surface area contributed by atoms with Gasteiger partial charge in [0.1, 0.15) is 10.7 Å². The molecule has 0 radical (unpaired) electrons. The van der Waals surface area contributed by atoms with E-state index in [1.54, 1.807) is 92.7 Å². The van der Waals surface area contributed by atoms with Crippen molar-refractivity contribution in [2.24, 2.45) is 0 Å². The maximum atomic E-state index is 13.7. The van der Waals surface area contributed by atoms with Gasteiger partial charge in [-0.25, -0.2) is 4.79 Å². The topological polar surface area (TPSA) is 143 Å². The van der Waals surface area contributed by atoms with Crippen LogP contribution in [0.4, 0.5) is 16.4 Å². The highest BCUT2D eigenvalue weighted by atomic mass is 32.2. The van der Waals surface area contributed by atoms with Crippen molar-refractivity contribution < 1.29 is 28.7 Å². The molecule has 5 rings (SSSR count). The Bertz CT molecular complexity index is 2080. The van der Waals surface area contributed by atoms with Gasteiger partial charge in [-0.3, -0.25) is 19.2 Å². The van der Waals surface area contributed by atoms with Crippen LogP contribution in [-0.2, 0) is 14.3 Å². The Morgan fingerprint density at radius 2 is 1.52 bits per heavy atom. The fraction of sp³-hybridized carbons (Fsp3) is 0.154. The van der Waals surface area contributed by atoms with Crippen LogP contribution >= 0.6 is 34.4 Å². The van der Waals surface area contributed by atoms with Gasteiger partial charge in [0.25, 0.3) is 17.7 Å². The molecule has 266 valence electrons. The zero-order valence-corrected chi connectivity index (χ0v) is 31.0. The molecule has 2 aromatic heterocycles. The minimum Gasteiger partial charge on any atom is -0.462 e. The van der Waals surface area contributed by atoms with Crippen molar-refractivity contribution >= 4 is 86.5 Å². The van der Waals surface area contributed by atoms with E-state index in [9.17, 15) is 24.0 Å². The molecule has 2 heterocycles. The van der Waals surface area contributed by atoms with Crippen molar-refractivity contribution in [2.45, 2.75) is 37.3 Å². The molecule has 0 spiro atoms. The van der Waals surface area contributed by atoms with Crippen molar-refractivity contribution in [3.63, 3.8) is 0 Å². The molecule has 52 heavy (non-hydrogen) atoms. The predicted molar refractivity (Wildman–Crippen MR) is 209 cm³/mol. The predicted octanol–water partition coefficient (Wildman–Crippen LogP) is 8.47. The second-order valence-corrected chi connectivity index (χ2v) is 14.5. The summed E-state index contributed by atoms with van der Waals surface area (Å²) in [5, 5.41) is 12.8. The van der Waals surface area contributed by atoms with Gasteiger partial charge in [-0.05, 0) is 85.8 Å². The third-order valence-electron chi connectivity index (χ3n) is 7.49. The molecule has 4 N–H and O–H groups in total. The summed E-state index contributed by atoms with van der Waals surface area (Å²) in [6.07, 6.45) is 2.05. The Morgan fingerprint density at radius 3 is 2.19 bits per heavy atom. The second-order valence-electron chi connectivity index (χ2n) is 11.2. The number of hydrogen-bond donors (Lipinski definition) is 4. The molecule has 3 aromatic carbocycles. The van der Waals surface area contributed by atoms with Crippen LogP contribution in [0.2, 0.25) is 0 Å². The number of carbonyl (C=O) groups is 5. The number of esters is 1. The van der Waals surface area contributed by atoms with Crippen LogP contribution in [0, 0.1) is 6.92 Å². The molecule has 0 aliphatic heterocycles. The van der Waals surface area contributed by atoms with Gasteiger partial charge in [0.05, 0.1) is 22.3 Å². The molecule has 0 saturated heterocycles. The van der Waals surface area contributed by atoms with Crippen molar-refractivity contribution in [3.05, 3.63) is 135 Å². The third-order valence-corrected chi connectivity index (χ3v) is 10.9. The van der Waals surface area contributed by atoms with E-state index >= 15 is 0 Å². The lowest BCUT2D eigenvalue weighted by atomic mass is 10.1. The molecule has 0 aliphatic carbocycles. The van der Waals surface area contributed by atoms with Crippen LogP contribution in [0.15, 0.2) is 113 Å². The Labute approximate surface area is 313 Å². The number of ether oxygens (including phenoxy) is 1. The van der Waals surface area contributed by atoms with Crippen LogP contribution < -0.4 is 21.3 Å². The molecule has 5 aromatic rings. The molecule has 0 bridgehead atoms. The highest BCUT2D eigenvalue weighted by Gasteiger charge is 2.29. The smallest absolute Gasteiger partial charge is 0.341 e. The average Bonchev–Trinajstić information content (AvgIpc) is 3.78. The Balaban J connectivity index is 1.31. The highest BCUT2D eigenvalue weighted by molar-refractivity contribution is 8.00. The fourth-order valence-corrected chi connectivity index (χ4v) is 7.72. The van der Waals surface area contributed by atoms with E-state index in [2.05, 4.69) is 21.3 Å². The zero-order chi connectivity index (χ0) is 37.0. The van der Waals surface area contributed by atoms with Crippen LogP contribution in [-0.4, -0.2) is 41.5 Å². The largest absolute Gasteiger partial charge is 0.462 e. The molecular weight excluding hydrogens is 717 g/mol. The summed E-state index contributed by atoms with van der Waals surface area (Å²) < 4.78 is 5.28. The van der Waals surface area contributed by atoms with Crippen molar-refractivity contribution in [1.29, 1.82) is 0 Å². The highest BCUT2D eigenvalue weighted by Crippen LogP contribution is 2.36. The van der Waals surface area contributed by atoms with Crippen molar-refractivity contribution in [2.75, 3.05) is 22.6 Å². The van der Waals surface area contributed by atoms with Gasteiger partial charge in [-0.15, -0.1) is 34.4 Å². The number of hydrogen-bond acceptors (Lipinski definition) is 9. The summed E-state index contributed by atoms with van der Waals surface area (Å²) >= 11 is 3.72. The monoisotopic (exact) mass is 752 g/mol. The van der Waals surface area contributed by atoms with E-state index in [4.69, 9.17) is 4.74 Å². The second kappa shape index (κ2) is 18.1. The first-order valence-electron chi connectivity index (χ1n) is 16.3. The van der Waals surface area contributed by atoms with Gasteiger partial charge in [0, 0.05) is 26.7 Å². The van der Waals surface area contributed by atoms with Gasteiger partial charge >= 0.3 is 5.97 Å². The van der Waals surface area contributed by atoms with E-state index < -0.39 is 28.9 Å². The number of rotatable bonds is 14. The lowest BCUT2D eigenvalue weighted by Gasteiger charge is -2.16. The Morgan fingerprint density at radius 1 is 0.808 bits per heavy atom. The number of benzene rings is 3. The number of thioether (sulfide) groups is 1. The number of carbonyl (C=O) groups excluding carboxylic acids is 5. The molecular formula is C39H36N4O6S3. The standard InChI is InChI=1S/C39H36N4O6S3/c1-4-31(36(46)43-38-32(39(48)49-5-2)24(3)33(52-38)37(47)40-26-16-10-7-11-17-26)51-29-19-12-18-27(22-29)41-35(45)30(23-28-20-13-21-50-28)42-34(44)25-14-8-6-9-15-25/h6-23,31H,4-5H2,1-3H3,(H,40,47)(H,41,45)(H,42,44)(H,43,46)/b30-23-. The Kier molecular flexibility index (Phi) is 13.2. The maximum Gasteiger partial charge on any atom is 0.341 e. The van der Waals surface area contributed by atoms with Gasteiger partial charge in [-0.2, -0.15) is 0 Å². The van der Waals surface area contributed by atoms with Crippen LogP contribution in [0.5, 0.6) is 0 Å². The molecule has 1 unspecified atom stereocenters. The molecule has 4 amide bonds. The van der Waals surface area contributed by atoms with Gasteiger partial charge < -0.3 is 26.0 Å². The van der Waals surface area contributed by atoms with Gasteiger partial charge in [0.2, 0.25) is 5.91 Å². The SMILES string of the molecule is CCOC(=O)c1c(NC(=O)C(CC)Sc2cccc(NC(=O)/C(=C/c3cccs3)NC(=O)c3ccccc3)c2)sc(C(=O)Nc2ccccc2)c1C. The summed E-state index contributed by atoms with van der Waals surface area (Å²) in [5.41, 5.74) is 2.08. The van der Waals surface area contributed by atoms with Crippen LogP contribution in [0.1, 0.15) is 61.1 Å². The van der Waals surface area contributed by atoms with Crippen LogP contribution in [0.3, 0.4) is 0 Å². The number of nitrogens with one attached hydrogen (secondary N) is 4. The normalized spacial score (nSPS) is 11.6. The summed E-state index contributed by atoms with van der Waals surface area (Å²) in [6.45, 7) is 5.32. The molecule has 0 fully saturated rings. The molecule has 0 saturated carbocycles. The van der Waals surface area contributed by atoms with Crippen molar-refractivity contribution in [3.8, 4) is 0 Å². The molecule has 0 aliphatic rings. The lowest BCUT2D eigenvalue weighted by Crippen LogP contribution is -2.30. The summed E-state index contributed by atoms with van der Waals surface area (Å²) in [5.74, 6) is -2.35. The van der Waals surface area contributed by atoms with E-state index in [1.807, 2.05) is 36.6 Å². The fourth-order valence-electron chi connectivity index (χ4n) is 4.96. The summed E-state index contributed by atoms with van der Waals surface area (Å²) in [7, 11) is 0. The van der Waals surface area contributed by atoms with E-state index in [1.165, 1.54) is 23.1 Å². The summed E-state index contributed by atoms with van der Waals surface area (Å²) in [6, 6.07) is 28.3. The van der Waals surface area contributed by atoms with E-state index in [-0.39, 0.29) is 33.7 Å². The van der Waals surface area contributed by atoms with E-state index in [0.717, 1.165) is 16.2 Å².